The van der Waals surface area contributed by atoms with Crippen LogP contribution < -0.4 is 9.62 Å². The van der Waals surface area contributed by atoms with E-state index in [1.807, 2.05) is 24.0 Å². The first-order valence-electron chi connectivity index (χ1n) is 11.1. The molecule has 1 heterocycles. The van der Waals surface area contributed by atoms with E-state index in [2.05, 4.69) is 5.32 Å². The number of likely N-dealkylation sites (tertiary alicyclic amines) is 1. The lowest BCUT2D eigenvalue weighted by Gasteiger charge is -2.20. The summed E-state index contributed by atoms with van der Waals surface area (Å²) in [4.78, 5) is 27.1. The van der Waals surface area contributed by atoms with Crippen LogP contribution in [0.4, 0.5) is 11.4 Å². The lowest BCUT2D eigenvalue weighted by molar-refractivity contribution is 0.0792. The third kappa shape index (κ3) is 4.97. The second kappa shape index (κ2) is 9.69. The number of hydrogen-bond donors (Lipinski definition) is 1. The highest BCUT2D eigenvalue weighted by molar-refractivity contribution is 7.92. The van der Waals surface area contributed by atoms with Crippen LogP contribution in [-0.4, -0.2) is 45.3 Å². The molecule has 0 radical (unpaired) electrons. The topological polar surface area (TPSA) is 86.8 Å². The van der Waals surface area contributed by atoms with Crippen LogP contribution in [0.25, 0.3) is 0 Å². The molecule has 0 atom stereocenters. The van der Waals surface area contributed by atoms with Crippen molar-refractivity contribution in [2.45, 2.75) is 24.7 Å². The summed E-state index contributed by atoms with van der Waals surface area (Å²) >= 11 is 0. The number of carbonyl (C=O) groups excluding carboxylic acids is 2. The van der Waals surface area contributed by atoms with Gasteiger partial charge in [-0.05, 0) is 74.4 Å². The van der Waals surface area contributed by atoms with E-state index in [0.29, 0.717) is 16.9 Å². The van der Waals surface area contributed by atoms with E-state index in [1.54, 1.807) is 48.5 Å². The van der Waals surface area contributed by atoms with Gasteiger partial charge in [0.2, 0.25) is 0 Å². The monoisotopic (exact) mass is 477 g/mol. The van der Waals surface area contributed by atoms with Gasteiger partial charge in [-0.15, -0.1) is 0 Å². The van der Waals surface area contributed by atoms with Crippen molar-refractivity contribution in [2.24, 2.45) is 0 Å². The van der Waals surface area contributed by atoms with Gasteiger partial charge in [-0.25, -0.2) is 8.42 Å². The van der Waals surface area contributed by atoms with Crippen LogP contribution in [0.3, 0.4) is 0 Å². The summed E-state index contributed by atoms with van der Waals surface area (Å²) in [5, 5.41) is 2.77. The maximum atomic E-state index is 13.1. The van der Waals surface area contributed by atoms with Gasteiger partial charge in [0.1, 0.15) is 0 Å². The number of rotatable bonds is 6. The fourth-order valence-corrected chi connectivity index (χ4v) is 5.09. The van der Waals surface area contributed by atoms with E-state index in [9.17, 15) is 18.0 Å². The number of benzene rings is 3. The van der Waals surface area contributed by atoms with Gasteiger partial charge in [-0.2, -0.15) is 0 Å². The molecule has 3 aromatic rings. The van der Waals surface area contributed by atoms with Crippen LogP contribution in [0.2, 0.25) is 0 Å². The fourth-order valence-electron chi connectivity index (χ4n) is 3.85. The van der Waals surface area contributed by atoms with Crippen LogP contribution in [0.15, 0.2) is 77.7 Å². The SMILES string of the molecule is Cc1ccc(N(C)S(=O)(=O)c2cccc(C(=O)Nc3ccc(C(=O)N4CCCC4)cc3)c2)cc1. The Balaban J connectivity index is 1.48. The highest BCUT2D eigenvalue weighted by atomic mass is 32.2. The lowest BCUT2D eigenvalue weighted by atomic mass is 10.1. The molecule has 4 rings (SSSR count). The molecule has 1 aliphatic heterocycles. The molecule has 1 saturated heterocycles. The zero-order valence-corrected chi connectivity index (χ0v) is 20.0. The Bertz CT molecular complexity index is 1300. The Labute approximate surface area is 200 Å². The molecule has 7 nitrogen and oxygen atoms in total. The highest BCUT2D eigenvalue weighted by Crippen LogP contribution is 2.23. The molecule has 176 valence electrons. The van der Waals surface area contributed by atoms with Crippen molar-refractivity contribution >= 4 is 33.2 Å². The van der Waals surface area contributed by atoms with Crippen molar-refractivity contribution in [3.8, 4) is 0 Å². The summed E-state index contributed by atoms with van der Waals surface area (Å²) in [6, 6.07) is 19.8. The van der Waals surface area contributed by atoms with Gasteiger partial charge in [-0.1, -0.05) is 23.8 Å². The molecular weight excluding hydrogens is 450 g/mol. The minimum Gasteiger partial charge on any atom is -0.339 e. The Morgan fingerprint density at radius 2 is 1.53 bits per heavy atom. The second-order valence-electron chi connectivity index (χ2n) is 8.37. The summed E-state index contributed by atoms with van der Waals surface area (Å²) in [6.45, 7) is 3.48. The average molecular weight is 478 g/mol. The van der Waals surface area contributed by atoms with Crippen LogP contribution >= 0.6 is 0 Å². The predicted octanol–water partition coefficient (Wildman–Crippen LogP) is 4.31. The van der Waals surface area contributed by atoms with Crippen molar-refractivity contribution in [3.05, 3.63) is 89.5 Å². The minimum absolute atomic E-state index is 0.00835. The van der Waals surface area contributed by atoms with Crippen molar-refractivity contribution in [1.82, 2.24) is 4.90 Å². The molecule has 2 amide bonds. The highest BCUT2D eigenvalue weighted by Gasteiger charge is 2.23. The number of carbonyl (C=O) groups is 2. The number of hydrogen-bond acceptors (Lipinski definition) is 4. The predicted molar refractivity (Wildman–Crippen MR) is 133 cm³/mol. The van der Waals surface area contributed by atoms with Crippen LogP contribution in [0.5, 0.6) is 0 Å². The van der Waals surface area contributed by atoms with E-state index in [1.165, 1.54) is 23.5 Å². The van der Waals surface area contributed by atoms with Gasteiger partial charge < -0.3 is 10.2 Å². The molecule has 0 unspecified atom stereocenters. The van der Waals surface area contributed by atoms with E-state index >= 15 is 0 Å². The molecule has 0 aliphatic carbocycles. The van der Waals surface area contributed by atoms with Crippen molar-refractivity contribution in [3.63, 3.8) is 0 Å². The number of amides is 2. The number of sulfonamides is 1. The molecular formula is C26H27N3O4S. The van der Waals surface area contributed by atoms with Crippen LogP contribution in [0, 0.1) is 6.92 Å². The first kappa shape index (κ1) is 23.5. The number of anilines is 2. The Kier molecular flexibility index (Phi) is 6.70. The normalized spacial score (nSPS) is 13.5. The largest absolute Gasteiger partial charge is 0.339 e. The Morgan fingerprint density at radius 1 is 0.882 bits per heavy atom. The van der Waals surface area contributed by atoms with Crippen molar-refractivity contribution < 1.29 is 18.0 Å². The van der Waals surface area contributed by atoms with Gasteiger partial charge in [0.05, 0.1) is 10.6 Å². The minimum atomic E-state index is -3.85. The zero-order chi connectivity index (χ0) is 24.3. The van der Waals surface area contributed by atoms with E-state index < -0.39 is 15.9 Å². The number of aryl methyl sites for hydroxylation is 1. The smallest absolute Gasteiger partial charge is 0.264 e. The molecule has 8 heteroatoms. The van der Waals surface area contributed by atoms with E-state index in [4.69, 9.17) is 0 Å². The first-order chi connectivity index (χ1) is 16.3. The van der Waals surface area contributed by atoms with E-state index in [-0.39, 0.29) is 16.4 Å². The van der Waals surface area contributed by atoms with Gasteiger partial charge in [0.25, 0.3) is 21.8 Å². The number of nitrogens with zero attached hydrogens (tertiary/aromatic N) is 2. The maximum Gasteiger partial charge on any atom is 0.264 e. The van der Waals surface area contributed by atoms with Crippen molar-refractivity contribution in [1.29, 1.82) is 0 Å². The quantitative estimate of drug-likeness (QED) is 0.573. The van der Waals surface area contributed by atoms with Gasteiger partial charge in [0.15, 0.2) is 0 Å². The summed E-state index contributed by atoms with van der Waals surface area (Å²) in [5.41, 5.74) is 2.88. The van der Waals surface area contributed by atoms with Crippen LogP contribution in [0.1, 0.15) is 39.1 Å². The molecule has 1 fully saturated rings. The number of nitrogens with one attached hydrogen (secondary N) is 1. The lowest BCUT2D eigenvalue weighted by Crippen LogP contribution is -2.27. The molecule has 0 bridgehead atoms. The van der Waals surface area contributed by atoms with E-state index in [0.717, 1.165) is 31.5 Å². The third-order valence-electron chi connectivity index (χ3n) is 5.94. The van der Waals surface area contributed by atoms with Crippen molar-refractivity contribution in [2.75, 3.05) is 29.8 Å². The molecule has 0 spiro atoms. The second-order valence-corrected chi connectivity index (χ2v) is 10.3. The van der Waals surface area contributed by atoms with Crippen LogP contribution in [-0.2, 0) is 10.0 Å². The summed E-state index contributed by atoms with van der Waals surface area (Å²) in [6.07, 6.45) is 2.05. The molecule has 0 saturated carbocycles. The molecule has 3 aromatic carbocycles. The summed E-state index contributed by atoms with van der Waals surface area (Å²) in [7, 11) is -2.36. The third-order valence-corrected chi connectivity index (χ3v) is 7.72. The van der Waals surface area contributed by atoms with Gasteiger partial charge in [-0.3, -0.25) is 13.9 Å². The fraction of sp³-hybridized carbons (Fsp3) is 0.231. The molecule has 34 heavy (non-hydrogen) atoms. The zero-order valence-electron chi connectivity index (χ0n) is 19.2. The molecule has 0 aromatic heterocycles. The Morgan fingerprint density at radius 3 is 2.18 bits per heavy atom. The molecule has 1 N–H and O–H groups in total. The van der Waals surface area contributed by atoms with Gasteiger partial charge >= 0.3 is 0 Å². The average Bonchev–Trinajstić information content (AvgIpc) is 3.39. The maximum absolute atomic E-state index is 13.1. The van der Waals surface area contributed by atoms with Gasteiger partial charge in [0, 0.05) is 37.0 Å². The Hall–Kier alpha value is -3.65. The standard InChI is InChI=1S/C26H27N3O4S/c1-19-8-14-23(15-9-19)28(2)34(32,33)24-7-5-6-21(18-24)25(30)27-22-12-10-20(11-13-22)26(31)29-16-3-4-17-29/h5-15,18H,3-4,16-17H2,1-2H3,(H,27,30). The first-order valence-corrected chi connectivity index (χ1v) is 12.6. The summed E-state index contributed by atoms with van der Waals surface area (Å²) < 4.78 is 27.4. The molecule has 1 aliphatic rings. The summed E-state index contributed by atoms with van der Waals surface area (Å²) in [5.74, 6) is -0.445.